The summed E-state index contributed by atoms with van der Waals surface area (Å²) in [7, 11) is 0. The van der Waals surface area contributed by atoms with Crippen LogP contribution in [0.25, 0.3) is 44.2 Å². The number of rotatable bonds is 5. The van der Waals surface area contributed by atoms with Crippen LogP contribution in [0, 0.1) is 13.8 Å². The maximum Gasteiger partial charge on any atom is 0.0468 e. The van der Waals surface area contributed by atoms with Gasteiger partial charge >= 0.3 is 0 Å². The Morgan fingerprint density at radius 3 is 1.85 bits per heavy atom. The van der Waals surface area contributed by atoms with E-state index in [1.807, 2.05) is 0 Å². The van der Waals surface area contributed by atoms with Crippen molar-refractivity contribution in [3.63, 3.8) is 0 Å². The summed E-state index contributed by atoms with van der Waals surface area (Å²) in [6, 6.07) is 55.8. The molecule has 7 aromatic carbocycles. The van der Waals surface area contributed by atoms with E-state index in [1.165, 1.54) is 66.4 Å². The Morgan fingerprint density at radius 1 is 0.391 bits per heavy atom. The minimum Gasteiger partial charge on any atom is -0.310 e. The summed E-state index contributed by atoms with van der Waals surface area (Å²) in [5, 5.41) is 2.48. The summed E-state index contributed by atoms with van der Waals surface area (Å²) in [5.41, 5.74) is 16.4. The summed E-state index contributed by atoms with van der Waals surface area (Å²) in [5.74, 6) is 0. The molecule has 1 aliphatic rings. The summed E-state index contributed by atoms with van der Waals surface area (Å²) in [6.45, 7) is 9.09. The molecule has 0 bridgehead atoms. The average Bonchev–Trinajstić information content (AvgIpc) is 3.31. The van der Waals surface area contributed by atoms with E-state index in [0.717, 1.165) is 17.1 Å². The van der Waals surface area contributed by atoms with E-state index in [-0.39, 0.29) is 5.41 Å². The van der Waals surface area contributed by atoms with Crippen molar-refractivity contribution in [3.8, 4) is 33.4 Å². The highest BCUT2D eigenvalue weighted by Gasteiger charge is 2.35. The van der Waals surface area contributed by atoms with E-state index in [9.17, 15) is 0 Å². The smallest absolute Gasteiger partial charge is 0.0468 e. The second kappa shape index (κ2) is 10.9. The van der Waals surface area contributed by atoms with Crippen molar-refractivity contribution in [1.82, 2.24) is 0 Å². The van der Waals surface area contributed by atoms with Crippen LogP contribution in [0.1, 0.15) is 36.1 Å². The van der Waals surface area contributed by atoms with Crippen molar-refractivity contribution in [2.45, 2.75) is 33.1 Å². The highest BCUT2D eigenvalue weighted by molar-refractivity contribution is 5.92. The second-order valence-corrected chi connectivity index (χ2v) is 13.2. The summed E-state index contributed by atoms with van der Waals surface area (Å²) >= 11 is 0. The molecule has 0 heterocycles. The molecule has 0 fully saturated rings. The number of benzene rings is 7. The van der Waals surface area contributed by atoms with Crippen LogP contribution in [0.3, 0.4) is 0 Å². The molecule has 0 saturated carbocycles. The highest BCUT2D eigenvalue weighted by atomic mass is 15.1. The largest absolute Gasteiger partial charge is 0.310 e. The van der Waals surface area contributed by atoms with E-state index in [0.29, 0.717) is 0 Å². The van der Waals surface area contributed by atoms with Crippen molar-refractivity contribution in [2.75, 3.05) is 4.90 Å². The summed E-state index contributed by atoms with van der Waals surface area (Å²) in [4.78, 5) is 2.42. The minimum atomic E-state index is -0.0273. The molecule has 46 heavy (non-hydrogen) atoms. The lowest BCUT2D eigenvalue weighted by molar-refractivity contribution is 0.660. The fourth-order valence-corrected chi connectivity index (χ4v) is 7.46. The molecule has 0 amide bonds. The fraction of sp³-hybridized carbons (Fsp3) is 0.111. The third kappa shape index (κ3) is 4.63. The normalized spacial score (nSPS) is 13.0. The lowest BCUT2D eigenvalue weighted by Crippen LogP contribution is -2.15. The molecular weight excluding hydrogens is 555 g/mol. The van der Waals surface area contributed by atoms with E-state index < -0.39 is 0 Å². The molecule has 0 unspecified atom stereocenters. The standard InChI is InChI=1S/C45H37N/c1-30-12-5-8-17-39(30)40-24-21-35(26-31(40)2)34-15-11-16-36(28-34)46(37-22-20-32-13-6-7-14-33(32)27-37)38-23-25-44-42(29-38)41-18-9-10-19-43(41)45(44,3)4/h5-29H,1-4H3. The number of nitrogens with zero attached hydrogens (tertiary/aromatic N) is 1. The number of fused-ring (bicyclic) bond motifs is 4. The molecule has 0 aliphatic heterocycles. The number of anilines is 3. The number of hydrogen-bond donors (Lipinski definition) is 0. The van der Waals surface area contributed by atoms with Gasteiger partial charge in [0, 0.05) is 22.5 Å². The highest BCUT2D eigenvalue weighted by Crippen LogP contribution is 2.50. The van der Waals surface area contributed by atoms with Crippen LogP contribution in [0.4, 0.5) is 17.1 Å². The maximum absolute atomic E-state index is 2.42. The molecular formula is C45H37N. The molecule has 0 radical (unpaired) electrons. The molecule has 7 aromatic rings. The van der Waals surface area contributed by atoms with Gasteiger partial charge in [-0.2, -0.15) is 0 Å². The molecule has 0 aromatic heterocycles. The van der Waals surface area contributed by atoms with E-state index in [1.54, 1.807) is 0 Å². The van der Waals surface area contributed by atoms with E-state index in [2.05, 4.69) is 184 Å². The molecule has 1 heteroatoms. The zero-order valence-corrected chi connectivity index (χ0v) is 26.9. The van der Waals surface area contributed by atoms with Crippen LogP contribution < -0.4 is 4.90 Å². The van der Waals surface area contributed by atoms with E-state index in [4.69, 9.17) is 0 Å². The van der Waals surface area contributed by atoms with Crippen molar-refractivity contribution in [1.29, 1.82) is 0 Å². The lowest BCUT2D eigenvalue weighted by atomic mass is 9.82. The first kappa shape index (κ1) is 28.1. The van der Waals surface area contributed by atoms with Crippen molar-refractivity contribution in [3.05, 3.63) is 174 Å². The van der Waals surface area contributed by atoms with Crippen LogP contribution in [0.5, 0.6) is 0 Å². The third-order valence-corrected chi connectivity index (χ3v) is 9.92. The van der Waals surface area contributed by atoms with Crippen molar-refractivity contribution < 1.29 is 0 Å². The van der Waals surface area contributed by atoms with Crippen LogP contribution in [-0.2, 0) is 5.41 Å². The minimum absolute atomic E-state index is 0.0273. The van der Waals surface area contributed by atoms with Gasteiger partial charge in [-0.25, -0.2) is 0 Å². The fourth-order valence-electron chi connectivity index (χ4n) is 7.46. The van der Waals surface area contributed by atoms with Crippen LogP contribution in [-0.4, -0.2) is 0 Å². The molecule has 0 atom stereocenters. The molecule has 0 saturated heterocycles. The molecule has 222 valence electrons. The van der Waals surface area contributed by atoms with Gasteiger partial charge in [-0.3, -0.25) is 0 Å². The SMILES string of the molecule is Cc1ccccc1-c1ccc(-c2cccc(N(c3ccc4c(c3)-c3ccccc3C4(C)C)c3ccc4ccccc4c3)c2)cc1C. The Kier molecular flexibility index (Phi) is 6.65. The third-order valence-electron chi connectivity index (χ3n) is 9.92. The number of aryl methyl sites for hydroxylation is 2. The predicted octanol–water partition coefficient (Wildman–Crippen LogP) is 12.6. The van der Waals surface area contributed by atoms with Gasteiger partial charge in [0.25, 0.3) is 0 Å². The Labute approximate surface area is 272 Å². The van der Waals surface area contributed by atoms with Crippen LogP contribution in [0.15, 0.2) is 152 Å². The Balaban J connectivity index is 1.27. The zero-order chi connectivity index (χ0) is 31.4. The van der Waals surface area contributed by atoms with Crippen LogP contribution in [0.2, 0.25) is 0 Å². The molecule has 0 N–H and O–H groups in total. The Morgan fingerprint density at radius 2 is 1.02 bits per heavy atom. The second-order valence-electron chi connectivity index (χ2n) is 13.2. The molecule has 1 aliphatic carbocycles. The average molecular weight is 592 g/mol. The lowest BCUT2D eigenvalue weighted by Gasteiger charge is -2.28. The van der Waals surface area contributed by atoms with Gasteiger partial charge in [0.05, 0.1) is 0 Å². The van der Waals surface area contributed by atoms with Gasteiger partial charge in [0.1, 0.15) is 0 Å². The quantitative estimate of drug-likeness (QED) is 0.192. The molecule has 8 rings (SSSR count). The molecule has 1 nitrogen and oxygen atoms in total. The predicted molar refractivity (Wildman–Crippen MR) is 197 cm³/mol. The van der Waals surface area contributed by atoms with Gasteiger partial charge in [-0.15, -0.1) is 0 Å². The van der Waals surface area contributed by atoms with Gasteiger partial charge in [0.15, 0.2) is 0 Å². The Hall–Kier alpha value is -5.40. The van der Waals surface area contributed by atoms with Crippen LogP contribution >= 0.6 is 0 Å². The monoisotopic (exact) mass is 591 g/mol. The first-order valence-corrected chi connectivity index (χ1v) is 16.2. The van der Waals surface area contributed by atoms with Crippen molar-refractivity contribution >= 4 is 27.8 Å². The maximum atomic E-state index is 2.42. The van der Waals surface area contributed by atoms with Gasteiger partial charge < -0.3 is 4.90 Å². The topological polar surface area (TPSA) is 3.24 Å². The summed E-state index contributed by atoms with van der Waals surface area (Å²) < 4.78 is 0. The van der Waals surface area contributed by atoms with E-state index >= 15 is 0 Å². The van der Waals surface area contributed by atoms with Gasteiger partial charge in [-0.05, 0) is 117 Å². The van der Waals surface area contributed by atoms with Crippen molar-refractivity contribution in [2.24, 2.45) is 0 Å². The Bertz CT molecular complexity index is 2270. The van der Waals surface area contributed by atoms with Gasteiger partial charge in [-0.1, -0.05) is 129 Å². The number of hydrogen-bond acceptors (Lipinski definition) is 1. The summed E-state index contributed by atoms with van der Waals surface area (Å²) in [6.07, 6.45) is 0. The zero-order valence-electron chi connectivity index (χ0n) is 26.9. The van der Waals surface area contributed by atoms with Gasteiger partial charge in [0.2, 0.25) is 0 Å². The first-order chi connectivity index (χ1) is 22.4. The first-order valence-electron chi connectivity index (χ1n) is 16.2. The molecule has 0 spiro atoms.